The van der Waals surface area contributed by atoms with Gasteiger partial charge in [0.25, 0.3) is 0 Å². The first-order valence-corrected chi connectivity index (χ1v) is 11.8. The van der Waals surface area contributed by atoms with Gasteiger partial charge in [0.15, 0.2) is 0 Å². The van der Waals surface area contributed by atoms with Gasteiger partial charge in [0.05, 0.1) is 6.07 Å². The van der Waals surface area contributed by atoms with E-state index in [1.54, 1.807) is 33.8 Å². The first-order valence-electron chi connectivity index (χ1n) is 11.8. The molecule has 36 heavy (non-hydrogen) atoms. The molecule has 0 bridgehead atoms. The molecule has 0 radical (unpaired) electrons. The summed E-state index contributed by atoms with van der Waals surface area (Å²) >= 11 is 0. The molecular formula is C25H37N5O6. The second-order valence-corrected chi connectivity index (χ2v) is 9.42. The van der Waals surface area contributed by atoms with Gasteiger partial charge >= 0.3 is 6.09 Å². The van der Waals surface area contributed by atoms with Gasteiger partial charge in [-0.2, -0.15) is 5.26 Å². The highest BCUT2D eigenvalue weighted by Crippen LogP contribution is 2.27. The average Bonchev–Trinajstić information content (AvgIpc) is 2.77. The van der Waals surface area contributed by atoms with Crippen LogP contribution in [0.25, 0.3) is 0 Å². The number of aromatic hydroxyl groups is 1. The van der Waals surface area contributed by atoms with Gasteiger partial charge in [-0.15, -0.1) is 0 Å². The Morgan fingerprint density at radius 3 is 2.44 bits per heavy atom. The number of nitrogens with one attached hydrogen (secondary N) is 2. The van der Waals surface area contributed by atoms with Gasteiger partial charge in [-0.05, 0) is 63.8 Å². The normalized spacial score (nSPS) is 12.6. The lowest BCUT2D eigenvalue weighted by atomic mass is 9.99. The predicted octanol–water partition coefficient (Wildman–Crippen LogP) is 2.17. The standard InChI is InChI=1S/C25H37N5O6/c1-6-7-13-28-22(33)21(17-8-10-19(31)16(2)15-17)30(14-12-26)23(34)18(9-11-20(27)32)29-24(35)36-25(3,4)5/h8,10,15,18,21,31H,6-7,9,11,13-14H2,1-5H3,(H2,27,32)(H,28,33)(H,29,35). The molecule has 0 heterocycles. The number of primary amides is 1. The van der Waals surface area contributed by atoms with Crippen molar-refractivity contribution in [1.82, 2.24) is 15.5 Å². The number of aryl methyl sites for hydroxylation is 1. The number of nitrogens with two attached hydrogens (primary N) is 1. The second-order valence-electron chi connectivity index (χ2n) is 9.42. The summed E-state index contributed by atoms with van der Waals surface area (Å²) in [7, 11) is 0. The molecule has 0 fully saturated rings. The number of nitrogens with zero attached hydrogens (tertiary/aromatic N) is 2. The number of phenolic OH excluding ortho intramolecular Hbond substituents is 1. The van der Waals surface area contributed by atoms with E-state index in [1.807, 2.05) is 13.0 Å². The Balaban J connectivity index is 3.45. The molecule has 0 aliphatic heterocycles. The molecule has 198 valence electrons. The third kappa shape index (κ3) is 9.82. The van der Waals surface area contributed by atoms with Gasteiger partial charge in [-0.25, -0.2) is 4.79 Å². The van der Waals surface area contributed by atoms with E-state index in [2.05, 4.69) is 10.6 Å². The lowest BCUT2D eigenvalue weighted by molar-refractivity contribution is -0.142. The number of rotatable bonds is 12. The first-order chi connectivity index (χ1) is 16.8. The molecule has 0 spiro atoms. The minimum Gasteiger partial charge on any atom is -0.508 e. The molecule has 2 atom stereocenters. The maximum absolute atomic E-state index is 13.7. The molecule has 0 saturated heterocycles. The highest BCUT2D eigenvalue weighted by molar-refractivity contribution is 5.92. The van der Waals surface area contributed by atoms with Crippen LogP contribution in [0.5, 0.6) is 5.75 Å². The van der Waals surface area contributed by atoms with Crippen molar-refractivity contribution in [3.05, 3.63) is 29.3 Å². The lowest BCUT2D eigenvalue weighted by Crippen LogP contribution is -2.53. The zero-order valence-corrected chi connectivity index (χ0v) is 21.6. The van der Waals surface area contributed by atoms with Crippen molar-refractivity contribution in [1.29, 1.82) is 5.26 Å². The van der Waals surface area contributed by atoms with E-state index in [-0.39, 0.29) is 18.6 Å². The average molecular weight is 504 g/mol. The molecule has 0 saturated carbocycles. The molecule has 11 heteroatoms. The highest BCUT2D eigenvalue weighted by atomic mass is 16.6. The number of unbranched alkanes of at least 4 members (excludes halogenated alkanes) is 1. The molecule has 5 N–H and O–H groups in total. The van der Waals surface area contributed by atoms with Crippen molar-refractivity contribution in [3.8, 4) is 11.8 Å². The number of hydrogen-bond donors (Lipinski definition) is 4. The highest BCUT2D eigenvalue weighted by Gasteiger charge is 2.36. The van der Waals surface area contributed by atoms with Crippen LogP contribution in [0, 0.1) is 18.3 Å². The van der Waals surface area contributed by atoms with E-state index in [1.165, 1.54) is 12.1 Å². The first kappa shape index (κ1) is 30.2. The Labute approximate surface area is 212 Å². The maximum atomic E-state index is 13.7. The molecule has 1 aromatic carbocycles. The maximum Gasteiger partial charge on any atom is 0.408 e. The number of hydrogen-bond acceptors (Lipinski definition) is 7. The van der Waals surface area contributed by atoms with Crippen molar-refractivity contribution in [2.45, 2.75) is 78.0 Å². The summed E-state index contributed by atoms with van der Waals surface area (Å²) < 4.78 is 5.24. The van der Waals surface area contributed by atoms with E-state index in [0.717, 1.165) is 11.3 Å². The Morgan fingerprint density at radius 1 is 1.25 bits per heavy atom. The Kier molecular flexibility index (Phi) is 11.7. The van der Waals surface area contributed by atoms with Crippen LogP contribution in [0.4, 0.5) is 4.79 Å². The molecule has 1 aromatic rings. The van der Waals surface area contributed by atoms with Gasteiger partial charge in [0, 0.05) is 13.0 Å². The fourth-order valence-electron chi connectivity index (χ4n) is 3.37. The zero-order chi connectivity index (χ0) is 27.5. The SMILES string of the molecule is CCCCNC(=O)C(c1ccc(O)c(C)c1)N(CC#N)C(=O)C(CCC(N)=O)NC(=O)OC(C)(C)C. The summed E-state index contributed by atoms with van der Waals surface area (Å²) in [6, 6.07) is 3.82. The Bertz CT molecular complexity index is 982. The number of phenols is 1. The van der Waals surface area contributed by atoms with Crippen LogP contribution < -0.4 is 16.4 Å². The van der Waals surface area contributed by atoms with Crippen molar-refractivity contribution in [3.63, 3.8) is 0 Å². The molecule has 11 nitrogen and oxygen atoms in total. The van der Waals surface area contributed by atoms with Crippen LogP contribution in [-0.4, -0.2) is 58.6 Å². The van der Waals surface area contributed by atoms with E-state index < -0.39 is 48.0 Å². The number of nitriles is 1. The van der Waals surface area contributed by atoms with Crippen LogP contribution >= 0.6 is 0 Å². The number of benzene rings is 1. The molecule has 0 aliphatic rings. The third-order valence-corrected chi connectivity index (χ3v) is 5.12. The molecule has 0 aliphatic carbocycles. The van der Waals surface area contributed by atoms with E-state index >= 15 is 0 Å². The Morgan fingerprint density at radius 2 is 1.92 bits per heavy atom. The van der Waals surface area contributed by atoms with Gasteiger partial charge in [0.1, 0.15) is 30.0 Å². The molecule has 0 aromatic heterocycles. The number of alkyl carbamates (subject to hydrolysis) is 1. The van der Waals surface area contributed by atoms with E-state index in [0.29, 0.717) is 24.1 Å². The quantitative estimate of drug-likeness (QED) is 0.250. The predicted molar refractivity (Wildman–Crippen MR) is 132 cm³/mol. The summed E-state index contributed by atoms with van der Waals surface area (Å²) in [6.07, 6.45) is 0.262. The minimum atomic E-state index is -1.29. The van der Waals surface area contributed by atoms with Crippen molar-refractivity contribution in [2.24, 2.45) is 5.73 Å². The molecule has 4 amide bonds. The van der Waals surface area contributed by atoms with Crippen molar-refractivity contribution in [2.75, 3.05) is 13.1 Å². The van der Waals surface area contributed by atoms with Gasteiger partial charge < -0.3 is 31.1 Å². The van der Waals surface area contributed by atoms with Gasteiger partial charge in [0.2, 0.25) is 17.7 Å². The van der Waals surface area contributed by atoms with Crippen LogP contribution in [0.15, 0.2) is 18.2 Å². The van der Waals surface area contributed by atoms with Gasteiger partial charge in [-0.1, -0.05) is 19.4 Å². The van der Waals surface area contributed by atoms with Crippen molar-refractivity contribution < 1.29 is 29.0 Å². The fourth-order valence-corrected chi connectivity index (χ4v) is 3.37. The largest absolute Gasteiger partial charge is 0.508 e. The summed E-state index contributed by atoms with van der Waals surface area (Å²) in [5.74, 6) is -1.96. The smallest absolute Gasteiger partial charge is 0.408 e. The van der Waals surface area contributed by atoms with Crippen LogP contribution in [0.2, 0.25) is 0 Å². The number of ether oxygens (including phenoxy) is 1. The van der Waals surface area contributed by atoms with Crippen LogP contribution in [-0.2, 0) is 19.1 Å². The second kappa shape index (κ2) is 13.9. The van der Waals surface area contributed by atoms with E-state index in [4.69, 9.17) is 10.5 Å². The summed E-state index contributed by atoms with van der Waals surface area (Å²) in [5, 5.41) is 24.7. The third-order valence-electron chi connectivity index (χ3n) is 5.12. The monoisotopic (exact) mass is 503 g/mol. The Hall–Kier alpha value is -3.81. The fraction of sp³-hybridized carbons (Fsp3) is 0.560. The minimum absolute atomic E-state index is 0.00739. The van der Waals surface area contributed by atoms with Crippen LogP contribution in [0.3, 0.4) is 0 Å². The zero-order valence-electron chi connectivity index (χ0n) is 21.6. The van der Waals surface area contributed by atoms with E-state index in [9.17, 15) is 29.5 Å². The van der Waals surface area contributed by atoms with Gasteiger partial charge in [-0.3, -0.25) is 14.4 Å². The summed E-state index contributed by atoms with van der Waals surface area (Å²) in [6.45, 7) is 8.44. The molecular weight excluding hydrogens is 466 g/mol. The summed E-state index contributed by atoms with van der Waals surface area (Å²) in [5.41, 5.74) is 5.25. The number of amides is 4. The molecule has 1 rings (SSSR count). The lowest BCUT2D eigenvalue weighted by Gasteiger charge is -2.33. The molecule has 2 unspecified atom stereocenters. The number of carbonyl (C=O) groups excluding carboxylic acids is 4. The van der Waals surface area contributed by atoms with Crippen molar-refractivity contribution >= 4 is 23.8 Å². The number of carbonyl (C=O) groups is 4. The van der Waals surface area contributed by atoms with Crippen LogP contribution in [0.1, 0.15) is 70.5 Å². The topological polar surface area (TPSA) is 175 Å². The summed E-state index contributed by atoms with van der Waals surface area (Å²) in [4.78, 5) is 51.8.